The van der Waals surface area contributed by atoms with Gasteiger partial charge in [0, 0.05) is 11.6 Å². The maximum Gasteiger partial charge on any atom is 0.227 e. The van der Waals surface area contributed by atoms with Gasteiger partial charge in [-0.25, -0.2) is 0 Å². The molecule has 1 saturated heterocycles. The average molecular weight is 260 g/mol. The number of rotatable bonds is 3. The van der Waals surface area contributed by atoms with Gasteiger partial charge in [-0.15, -0.1) is 0 Å². The van der Waals surface area contributed by atoms with Gasteiger partial charge < -0.3 is 10.2 Å². The number of benzene rings is 1. The van der Waals surface area contributed by atoms with Crippen molar-refractivity contribution >= 4 is 11.6 Å². The van der Waals surface area contributed by atoms with Crippen LogP contribution in [0.4, 0.5) is 5.69 Å². The molecule has 0 atom stereocenters. The number of hydrogen-bond donors (Lipinski definition) is 1. The SMILES string of the molecule is CCc1cccc(C)c1NC(=O)C1CCN(C)CC1. The summed E-state index contributed by atoms with van der Waals surface area (Å²) in [6.45, 7) is 6.22. The summed E-state index contributed by atoms with van der Waals surface area (Å²) in [7, 11) is 2.12. The largest absolute Gasteiger partial charge is 0.325 e. The Hall–Kier alpha value is -1.35. The molecule has 1 aromatic carbocycles. The first-order valence-electron chi connectivity index (χ1n) is 7.19. The van der Waals surface area contributed by atoms with E-state index in [9.17, 15) is 4.79 Å². The molecular formula is C16H24N2O. The summed E-state index contributed by atoms with van der Waals surface area (Å²) >= 11 is 0. The van der Waals surface area contributed by atoms with E-state index in [2.05, 4.69) is 49.3 Å². The third-order valence-corrected chi connectivity index (χ3v) is 4.08. The molecule has 1 heterocycles. The zero-order chi connectivity index (χ0) is 13.8. The van der Waals surface area contributed by atoms with E-state index in [4.69, 9.17) is 0 Å². The Bertz CT molecular complexity index is 448. The van der Waals surface area contributed by atoms with E-state index in [0.717, 1.165) is 43.6 Å². The summed E-state index contributed by atoms with van der Waals surface area (Å²) in [4.78, 5) is 14.7. The highest BCUT2D eigenvalue weighted by Gasteiger charge is 2.24. The van der Waals surface area contributed by atoms with Gasteiger partial charge in [-0.2, -0.15) is 0 Å². The number of nitrogens with zero attached hydrogens (tertiary/aromatic N) is 1. The molecule has 1 fully saturated rings. The number of aryl methyl sites for hydroxylation is 2. The Morgan fingerprint density at radius 3 is 2.68 bits per heavy atom. The highest BCUT2D eigenvalue weighted by atomic mass is 16.1. The van der Waals surface area contributed by atoms with Crippen LogP contribution in [-0.4, -0.2) is 30.9 Å². The van der Waals surface area contributed by atoms with Gasteiger partial charge in [-0.05, 0) is 57.5 Å². The molecule has 0 aromatic heterocycles. The first-order valence-corrected chi connectivity index (χ1v) is 7.19. The number of anilines is 1. The summed E-state index contributed by atoms with van der Waals surface area (Å²) < 4.78 is 0. The highest BCUT2D eigenvalue weighted by molar-refractivity contribution is 5.94. The van der Waals surface area contributed by atoms with Gasteiger partial charge in [0.2, 0.25) is 5.91 Å². The molecule has 104 valence electrons. The fourth-order valence-electron chi connectivity index (χ4n) is 2.70. The van der Waals surface area contributed by atoms with Crippen LogP contribution in [-0.2, 0) is 11.2 Å². The van der Waals surface area contributed by atoms with Crippen molar-refractivity contribution in [1.29, 1.82) is 0 Å². The van der Waals surface area contributed by atoms with E-state index in [0.29, 0.717) is 0 Å². The maximum absolute atomic E-state index is 12.4. The number of nitrogens with one attached hydrogen (secondary N) is 1. The monoisotopic (exact) mass is 260 g/mol. The second-order valence-corrected chi connectivity index (χ2v) is 5.53. The first-order chi connectivity index (χ1) is 9.11. The zero-order valence-electron chi connectivity index (χ0n) is 12.2. The normalized spacial score (nSPS) is 17.4. The van der Waals surface area contributed by atoms with E-state index in [1.165, 1.54) is 5.56 Å². The van der Waals surface area contributed by atoms with Crippen molar-refractivity contribution in [1.82, 2.24) is 4.90 Å². The molecule has 0 aliphatic carbocycles. The maximum atomic E-state index is 12.4. The molecule has 0 unspecified atom stereocenters. The van der Waals surface area contributed by atoms with Gasteiger partial charge in [0.15, 0.2) is 0 Å². The van der Waals surface area contributed by atoms with Crippen molar-refractivity contribution < 1.29 is 4.79 Å². The van der Waals surface area contributed by atoms with Crippen LogP contribution in [0.1, 0.15) is 30.9 Å². The predicted molar refractivity (Wildman–Crippen MR) is 79.4 cm³/mol. The van der Waals surface area contributed by atoms with Crippen molar-refractivity contribution in [2.24, 2.45) is 5.92 Å². The summed E-state index contributed by atoms with van der Waals surface area (Å²) in [5.41, 5.74) is 3.40. The molecule has 3 heteroatoms. The number of hydrogen-bond acceptors (Lipinski definition) is 2. The highest BCUT2D eigenvalue weighted by Crippen LogP contribution is 2.24. The van der Waals surface area contributed by atoms with E-state index >= 15 is 0 Å². The molecular weight excluding hydrogens is 236 g/mol. The quantitative estimate of drug-likeness (QED) is 0.906. The van der Waals surface area contributed by atoms with Crippen LogP contribution < -0.4 is 5.32 Å². The van der Waals surface area contributed by atoms with Gasteiger partial charge in [-0.3, -0.25) is 4.79 Å². The fourth-order valence-corrected chi connectivity index (χ4v) is 2.70. The molecule has 2 rings (SSSR count). The van der Waals surface area contributed by atoms with Crippen molar-refractivity contribution in [2.75, 3.05) is 25.5 Å². The lowest BCUT2D eigenvalue weighted by atomic mass is 9.95. The first kappa shape index (κ1) is 14.1. The standard InChI is InChI=1S/C16H24N2O/c1-4-13-7-5-6-12(2)15(13)17-16(19)14-8-10-18(3)11-9-14/h5-7,14H,4,8-11H2,1-3H3,(H,17,19). The molecule has 1 N–H and O–H groups in total. The number of amides is 1. The van der Waals surface area contributed by atoms with Gasteiger partial charge >= 0.3 is 0 Å². The smallest absolute Gasteiger partial charge is 0.227 e. The Labute approximate surface area is 116 Å². The van der Waals surface area contributed by atoms with Crippen molar-refractivity contribution in [3.8, 4) is 0 Å². The van der Waals surface area contributed by atoms with Crippen molar-refractivity contribution in [3.05, 3.63) is 29.3 Å². The van der Waals surface area contributed by atoms with Crippen LogP contribution in [0.25, 0.3) is 0 Å². The lowest BCUT2D eigenvalue weighted by Crippen LogP contribution is -2.36. The summed E-state index contributed by atoms with van der Waals surface area (Å²) in [6.07, 6.45) is 2.88. The van der Waals surface area contributed by atoms with Crippen LogP contribution in [0.5, 0.6) is 0 Å². The molecule has 0 saturated carbocycles. The van der Waals surface area contributed by atoms with E-state index in [1.54, 1.807) is 0 Å². The van der Waals surface area contributed by atoms with Crippen LogP contribution in [0.3, 0.4) is 0 Å². The summed E-state index contributed by atoms with van der Waals surface area (Å²) in [5, 5.41) is 3.16. The van der Waals surface area contributed by atoms with Crippen molar-refractivity contribution in [2.45, 2.75) is 33.1 Å². The average Bonchev–Trinajstić information content (AvgIpc) is 2.41. The molecule has 1 aromatic rings. The third-order valence-electron chi connectivity index (χ3n) is 4.08. The van der Waals surface area contributed by atoms with E-state index < -0.39 is 0 Å². The number of likely N-dealkylation sites (tertiary alicyclic amines) is 1. The molecule has 1 aliphatic rings. The fraction of sp³-hybridized carbons (Fsp3) is 0.562. The number of carbonyl (C=O) groups excluding carboxylic acids is 1. The Morgan fingerprint density at radius 1 is 1.37 bits per heavy atom. The van der Waals surface area contributed by atoms with Gasteiger partial charge in [0.05, 0.1) is 0 Å². The lowest BCUT2D eigenvalue weighted by molar-refractivity contribution is -0.121. The zero-order valence-corrected chi connectivity index (χ0v) is 12.2. The minimum atomic E-state index is 0.167. The lowest BCUT2D eigenvalue weighted by Gasteiger charge is -2.28. The summed E-state index contributed by atoms with van der Waals surface area (Å²) in [5.74, 6) is 0.359. The molecule has 0 spiro atoms. The third kappa shape index (κ3) is 3.35. The molecule has 19 heavy (non-hydrogen) atoms. The number of para-hydroxylation sites is 1. The van der Waals surface area contributed by atoms with Crippen molar-refractivity contribution in [3.63, 3.8) is 0 Å². The van der Waals surface area contributed by atoms with E-state index in [1.807, 2.05) is 0 Å². The number of carbonyl (C=O) groups is 1. The van der Waals surface area contributed by atoms with Crippen LogP contribution in [0.15, 0.2) is 18.2 Å². The molecule has 1 amide bonds. The minimum Gasteiger partial charge on any atom is -0.325 e. The van der Waals surface area contributed by atoms with Gasteiger partial charge in [0.25, 0.3) is 0 Å². The number of piperidine rings is 1. The van der Waals surface area contributed by atoms with Crippen LogP contribution >= 0.6 is 0 Å². The van der Waals surface area contributed by atoms with Gasteiger partial charge in [0.1, 0.15) is 0 Å². The topological polar surface area (TPSA) is 32.3 Å². The Morgan fingerprint density at radius 2 is 2.05 bits per heavy atom. The van der Waals surface area contributed by atoms with E-state index in [-0.39, 0.29) is 11.8 Å². The molecule has 0 bridgehead atoms. The molecule has 3 nitrogen and oxygen atoms in total. The molecule has 0 radical (unpaired) electrons. The van der Waals surface area contributed by atoms with Gasteiger partial charge in [-0.1, -0.05) is 25.1 Å². The predicted octanol–water partition coefficient (Wildman–Crippen LogP) is 2.84. The van der Waals surface area contributed by atoms with Crippen LogP contribution in [0.2, 0.25) is 0 Å². The Balaban J connectivity index is 2.06. The summed E-state index contributed by atoms with van der Waals surface area (Å²) in [6, 6.07) is 6.21. The minimum absolute atomic E-state index is 0.167. The Kier molecular flexibility index (Phi) is 4.59. The second kappa shape index (κ2) is 6.20. The van der Waals surface area contributed by atoms with Crippen LogP contribution in [0, 0.1) is 12.8 Å². The molecule has 1 aliphatic heterocycles. The second-order valence-electron chi connectivity index (χ2n) is 5.53.